The zero-order valence-corrected chi connectivity index (χ0v) is 31.8. The number of carbonyl (C=O) groups excluding carboxylic acids is 3. The van der Waals surface area contributed by atoms with Crippen LogP contribution >= 0.6 is 0 Å². The predicted molar refractivity (Wildman–Crippen MR) is 201 cm³/mol. The van der Waals surface area contributed by atoms with Crippen molar-refractivity contribution in [3.63, 3.8) is 0 Å². The van der Waals surface area contributed by atoms with Gasteiger partial charge in [0, 0.05) is 32.5 Å². The van der Waals surface area contributed by atoms with Gasteiger partial charge in [0.25, 0.3) is 0 Å². The number of benzene rings is 1. The van der Waals surface area contributed by atoms with Gasteiger partial charge in [0.05, 0.1) is 38.6 Å². The van der Waals surface area contributed by atoms with Crippen LogP contribution in [0.25, 0.3) is 0 Å². The molecule has 302 valence electrons. The fourth-order valence-electron chi connectivity index (χ4n) is 5.34. The second-order valence-electron chi connectivity index (χ2n) is 13.0. The molecule has 1 aromatic rings. The summed E-state index contributed by atoms with van der Waals surface area (Å²) < 4.78 is 21.6. The summed E-state index contributed by atoms with van der Waals surface area (Å²) in [5.74, 6) is -2.39. The van der Waals surface area contributed by atoms with E-state index in [4.69, 9.17) is 24.1 Å². The third-order valence-electron chi connectivity index (χ3n) is 8.28. The molecule has 0 saturated heterocycles. The first-order valence-corrected chi connectivity index (χ1v) is 19.5. The van der Waals surface area contributed by atoms with Crippen molar-refractivity contribution in [2.24, 2.45) is 0 Å². The summed E-state index contributed by atoms with van der Waals surface area (Å²) in [7, 11) is 0. The Hall–Kier alpha value is -3.75. The molecule has 14 nitrogen and oxygen atoms in total. The second kappa shape index (κ2) is 32.9. The third-order valence-corrected chi connectivity index (χ3v) is 8.28. The molecular formula is C39H65N3O11. The molecule has 0 aliphatic heterocycles. The lowest BCUT2D eigenvalue weighted by atomic mass is 10.0. The van der Waals surface area contributed by atoms with Crippen molar-refractivity contribution in [3.05, 3.63) is 29.8 Å². The number of amides is 3. The minimum absolute atomic E-state index is 0.00364. The van der Waals surface area contributed by atoms with E-state index in [0.717, 1.165) is 38.5 Å². The van der Waals surface area contributed by atoms with Gasteiger partial charge in [-0.2, -0.15) is 0 Å². The van der Waals surface area contributed by atoms with Crippen LogP contribution in [0, 0.1) is 0 Å². The summed E-state index contributed by atoms with van der Waals surface area (Å²) in [5.41, 5.74) is 0.234. The van der Waals surface area contributed by atoms with Crippen molar-refractivity contribution in [2.45, 2.75) is 122 Å². The van der Waals surface area contributed by atoms with Gasteiger partial charge < -0.3 is 45.1 Å². The number of hydrogen-bond acceptors (Lipinski definition) is 9. The van der Waals surface area contributed by atoms with Crippen molar-refractivity contribution >= 4 is 29.7 Å². The van der Waals surface area contributed by atoms with Gasteiger partial charge in [-0.3, -0.25) is 14.4 Å². The molecule has 3 amide bonds. The van der Waals surface area contributed by atoms with Gasteiger partial charge in [-0.25, -0.2) is 9.59 Å². The van der Waals surface area contributed by atoms with E-state index >= 15 is 0 Å². The summed E-state index contributed by atoms with van der Waals surface area (Å²) in [5, 5.41) is 26.4. The topological polar surface area (TPSA) is 199 Å². The number of nitrogens with one attached hydrogen (secondary N) is 3. The maximum absolute atomic E-state index is 12.3. The van der Waals surface area contributed by atoms with Crippen LogP contribution in [0.2, 0.25) is 0 Å². The molecule has 0 spiro atoms. The molecule has 0 radical (unpaired) electrons. The maximum Gasteiger partial charge on any atom is 0.335 e. The number of aromatic carboxylic acids is 1. The average Bonchev–Trinajstić information content (AvgIpc) is 3.14. The molecule has 0 unspecified atom stereocenters. The maximum atomic E-state index is 12.3. The van der Waals surface area contributed by atoms with Crippen LogP contribution in [0.15, 0.2) is 24.3 Å². The number of aliphatic carboxylic acids is 1. The van der Waals surface area contributed by atoms with E-state index in [0.29, 0.717) is 38.5 Å². The van der Waals surface area contributed by atoms with Gasteiger partial charge in [-0.05, 0) is 43.9 Å². The number of carboxylic acids is 2. The smallest absolute Gasteiger partial charge is 0.335 e. The molecule has 1 aromatic carbocycles. The lowest BCUT2D eigenvalue weighted by Gasteiger charge is -2.14. The van der Waals surface area contributed by atoms with Gasteiger partial charge in [0.1, 0.15) is 18.4 Å². The highest BCUT2D eigenvalue weighted by molar-refractivity contribution is 5.88. The van der Waals surface area contributed by atoms with E-state index in [1.165, 1.54) is 44.9 Å². The van der Waals surface area contributed by atoms with Crippen LogP contribution < -0.4 is 20.7 Å². The average molecular weight is 752 g/mol. The number of hydrogen-bond donors (Lipinski definition) is 5. The van der Waals surface area contributed by atoms with E-state index in [9.17, 15) is 29.1 Å². The largest absolute Gasteiger partial charge is 0.494 e. The Morgan fingerprint density at radius 2 is 1.19 bits per heavy atom. The Morgan fingerprint density at radius 1 is 0.623 bits per heavy atom. The van der Waals surface area contributed by atoms with Crippen molar-refractivity contribution in [2.75, 3.05) is 59.3 Å². The molecule has 0 heterocycles. The Morgan fingerprint density at radius 3 is 1.79 bits per heavy atom. The summed E-state index contributed by atoms with van der Waals surface area (Å²) >= 11 is 0. The second-order valence-corrected chi connectivity index (χ2v) is 13.0. The highest BCUT2D eigenvalue weighted by Crippen LogP contribution is 2.16. The summed E-state index contributed by atoms with van der Waals surface area (Å²) in [6, 6.07) is 5.45. The molecule has 0 bridgehead atoms. The Kier molecular flexibility index (Phi) is 29.3. The highest BCUT2D eigenvalue weighted by Gasteiger charge is 2.20. The van der Waals surface area contributed by atoms with Gasteiger partial charge in [0.2, 0.25) is 17.7 Å². The first-order valence-electron chi connectivity index (χ1n) is 19.5. The molecule has 14 heteroatoms. The normalized spacial score (nSPS) is 11.5. The van der Waals surface area contributed by atoms with Crippen LogP contribution in [0.4, 0.5) is 0 Å². The number of carboxylic acid groups (broad SMARTS) is 2. The highest BCUT2D eigenvalue weighted by atomic mass is 16.5. The number of ether oxygens (including phenoxy) is 4. The van der Waals surface area contributed by atoms with Gasteiger partial charge >= 0.3 is 11.9 Å². The lowest BCUT2D eigenvalue weighted by molar-refractivity contribution is -0.142. The third kappa shape index (κ3) is 28.4. The van der Waals surface area contributed by atoms with E-state index < -0.39 is 18.0 Å². The summed E-state index contributed by atoms with van der Waals surface area (Å²) in [4.78, 5) is 58.7. The zero-order chi connectivity index (χ0) is 38.8. The number of rotatable bonds is 36. The Balaban J connectivity index is 1.93. The molecule has 5 N–H and O–H groups in total. The molecular weight excluding hydrogens is 686 g/mol. The number of unbranched alkanes of at least 4 members (excludes halogenated alkanes) is 12. The molecule has 0 saturated carbocycles. The summed E-state index contributed by atoms with van der Waals surface area (Å²) in [6.45, 7) is 5.06. The summed E-state index contributed by atoms with van der Waals surface area (Å²) in [6.07, 6.45) is 15.4. The van der Waals surface area contributed by atoms with E-state index in [2.05, 4.69) is 16.0 Å². The minimum Gasteiger partial charge on any atom is -0.494 e. The van der Waals surface area contributed by atoms with Gasteiger partial charge in [-0.15, -0.1) is 0 Å². The van der Waals surface area contributed by atoms with Crippen LogP contribution in [0.1, 0.15) is 126 Å². The van der Waals surface area contributed by atoms with Gasteiger partial charge in [0.15, 0.2) is 0 Å². The quantitative estimate of drug-likeness (QED) is 0.0560. The van der Waals surface area contributed by atoms with Crippen LogP contribution in [0.5, 0.6) is 5.75 Å². The fraction of sp³-hybridized carbons (Fsp3) is 0.718. The molecule has 53 heavy (non-hydrogen) atoms. The molecule has 1 atom stereocenters. The Labute approximate surface area is 315 Å². The predicted octanol–water partition coefficient (Wildman–Crippen LogP) is 5.27. The molecule has 1 rings (SSSR count). The fourth-order valence-corrected chi connectivity index (χ4v) is 5.34. The SMILES string of the molecule is CCCOCCNC(=O)COCCOCCNC(=O)CC[C@H](NC(=O)CCCCCCCCCCCCCCCOc1cccc(C(=O)O)c1)C(=O)O. The van der Waals surface area contributed by atoms with Crippen molar-refractivity contribution in [1.29, 1.82) is 0 Å². The van der Waals surface area contributed by atoms with Crippen molar-refractivity contribution in [1.82, 2.24) is 16.0 Å². The Bertz CT molecular complexity index is 1150. The monoisotopic (exact) mass is 751 g/mol. The van der Waals surface area contributed by atoms with Gasteiger partial charge in [-0.1, -0.05) is 83.6 Å². The first-order chi connectivity index (χ1) is 25.7. The van der Waals surface area contributed by atoms with Crippen LogP contribution in [-0.2, 0) is 33.4 Å². The standard InChI is InChI=1S/C39H65N3O11/c1-2-24-50-26-23-41-37(45)31-52-29-28-51-27-22-40-35(43)21-20-34(39(48)49)42-36(44)19-14-12-10-8-6-4-3-5-7-9-11-13-15-25-53-33-18-16-17-32(30-33)38(46)47/h16-18,30,34H,2-15,19-29,31H2,1H3,(H,40,43)(H,41,45)(H,42,44)(H,46,47)(H,48,49)/t34-/m0/s1. The van der Waals surface area contributed by atoms with E-state index in [-0.39, 0.29) is 75.5 Å². The molecule has 0 aromatic heterocycles. The van der Waals surface area contributed by atoms with Crippen LogP contribution in [0.3, 0.4) is 0 Å². The lowest BCUT2D eigenvalue weighted by Crippen LogP contribution is -2.41. The zero-order valence-electron chi connectivity index (χ0n) is 31.8. The van der Waals surface area contributed by atoms with E-state index in [1.54, 1.807) is 24.3 Å². The van der Waals surface area contributed by atoms with Crippen LogP contribution in [-0.4, -0.2) is 105 Å². The minimum atomic E-state index is -1.17. The molecule has 0 fully saturated rings. The molecule has 0 aliphatic carbocycles. The van der Waals surface area contributed by atoms with Crippen molar-refractivity contribution in [3.8, 4) is 5.75 Å². The number of carbonyl (C=O) groups is 5. The van der Waals surface area contributed by atoms with E-state index in [1.807, 2.05) is 6.92 Å². The molecule has 0 aliphatic rings. The first kappa shape index (κ1) is 47.3. The van der Waals surface area contributed by atoms with Crippen molar-refractivity contribution < 1.29 is 53.1 Å².